The molecule has 0 fully saturated rings. The molecule has 1 aromatic rings. The van der Waals surface area contributed by atoms with Gasteiger partial charge in [0.2, 0.25) is 0 Å². The Bertz CT molecular complexity index is 463. The zero-order valence-corrected chi connectivity index (χ0v) is 10.0. The lowest BCUT2D eigenvalue weighted by Gasteiger charge is -2.08. The third-order valence-electron chi connectivity index (χ3n) is 2.20. The number of aliphatic carboxylic acids is 1. The zero-order valence-electron chi connectivity index (χ0n) is 9.26. The fourth-order valence-electron chi connectivity index (χ4n) is 1.20. The quantitative estimate of drug-likeness (QED) is 0.629. The van der Waals surface area contributed by atoms with E-state index in [1.54, 1.807) is 0 Å². The van der Waals surface area contributed by atoms with Crippen LogP contribution >= 0.6 is 11.6 Å². The van der Waals surface area contributed by atoms with E-state index in [2.05, 4.69) is 5.32 Å². The van der Waals surface area contributed by atoms with E-state index in [1.165, 1.54) is 18.2 Å². The summed E-state index contributed by atoms with van der Waals surface area (Å²) >= 11 is 5.64. The maximum atomic E-state index is 11.6. The van der Waals surface area contributed by atoms with Crippen molar-refractivity contribution < 1.29 is 24.9 Å². The van der Waals surface area contributed by atoms with Crippen LogP contribution in [0.5, 0.6) is 5.75 Å². The number of aliphatic hydroxyl groups is 1. The van der Waals surface area contributed by atoms with Crippen LogP contribution in [-0.4, -0.2) is 39.8 Å². The molecule has 18 heavy (non-hydrogen) atoms. The van der Waals surface area contributed by atoms with Gasteiger partial charge in [0.25, 0.3) is 5.91 Å². The molecular formula is C11H12ClNO5. The number of aromatic hydroxyl groups is 1. The van der Waals surface area contributed by atoms with Gasteiger partial charge in [0.15, 0.2) is 6.10 Å². The van der Waals surface area contributed by atoms with Crippen molar-refractivity contribution in [1.29, 1.82) is 0 Å². The van der Waals surface area contributed by atoms with Crippen LogP contribution in [-0.2, 0) is 4.79 Å². The number of amides is 1. The number of carbonyl (C=O) groups excluding carboxylic acids is 1. The molecule has 1 rings (SSSR count). The third-order valence-corrected chi connectivity index (χ3v) is 2.50. The average Bonchev–Trinajstić information content (AvgIpc) is 2.32. The van der Waals surface area contributed by atoms with Gasteiger partial charge in [-0.25, -0.2) is 4.79 Å². The molecular weight excluding hydrogens is 262 g/mol. The number of benzene rings is 1. The van der Waals surface area contributed by atoms with E-state index in [9.17, 15) is 14.7 Å². The van der Waals surface area contributed by atoms with E-state index in [0.717, 1.165) is 0 Å². The minimum Gasteiger partial charge on any atom is -0.506 e. The Hall–Kier alpha value is -1.79. The number of carbonyl (C=O) groups is 2. The number of nitrogens with one attached hydrogen (secondary N) is 1. The Labute approximate surface area is 108 Å². The van der Waals surface area contributed by atoms with Gasteiger partial charge >= 0.3 is 5.97 Å². The highest BCUT2D eigenvalue weighted by Crippen LogP contribution is 2.23. The van der Waals surface area contributed by atoms with Crippen molar-refractivity contribution in [2.75, 3.05) is 6.54 Å². The molecule has 1 aromatic carbocycles. The van der Waals surface area contributed by atoms with Gasteiger partial charge in [-0.1, -0.05) is 11.6 Å². The van der Waals surface area contributed by atoms with Crippen molar-refractivity contribution in [1.82, 2.24) is 5.32 Å². The molecule has 1 atom stereocenters. The molecule has 98 valence electrons. The summed E-state index contributed by atoms with van der Waals surface area (Å²) < 4.78 is 0. The molecule has 1 unspecified atom stereocenters. The fourth-order valence-corrected chi connectivity index (χ4v) is 1.38. The van der Waals surface area contributed by atoms with Gasteiger partial charge in [0.1, 0.15) is 5.75 Å². The molecule has 0 saturated carbocycles. The summed E-state index contributed by atoms with van der Waals surface area (Å²) in [5, 5.41) is 29.1. The van der Waals surface area contributed by atoms with E-state index in [0.29, 0.717) is 0 Å². The second-order valence-electron chi connectivity index (χ2n) is 3.56. The molecule has 0 spiro atoms. The maximum Gasteiger partial charge on any atom is 0.332 e. The van der Waals surface area contributed by atoms with Crippen molar-refractivity contribution in [3.05, 3.63) is 28.8 Å². The first-order valence-electron chi connectivity index (χ1n) is 5.09. The Balaban J connectivity index is 2.50. The Morgan fingerprint density at radius 2 is 2.06 bits per heavy atom. The van der Waals surface area contributed by atoms with Crippen LogP contribution < -0.4 is 5.32 Å². The van der Waals surface area contributed by atoms with Gasteiger partial charge in [0, 0.05) is 18.5 Å². The number of carboxylic acid groups (broad SMARTS) is 1. The highest BCUT2D eigenvalue weighted by atomic mass is 35.5. The molecule has 0 saturated heterocycles. The number of halogens is 1. The van der Waals surface area contributed by atoms with Crippen molar-refractivity contribution in [3.8, 4) is 5.75 Å². The number of hydrogen-bond acceptors (Lipinski definition) is 4. The van der Waals surface area contributed by atoms with Crippen molar-refractivity contribution >= 4 is 23.5 Å². The number of hydrogen-bond donors (Lipinski definition) is 4. The van der Waals surface area contributed by atoms with E-state index < -0.39 is 18.0 Å². The van der Waals surface area contributed by atoms with E-state index in [1.807, 2.05) is 0 Å². The summed E-state index contributed by atoms with van der Waals surface area (Å²) in [5.74, 6) is -1.93. The smallest absolute Gasteiger partial charge is 0.332 e. The van der Waals surface area contributed by atoms with Gasteiger partial charge in [-0.05, 0) is 18.2 Å². The molecule has 6 nitrogen and oxygen atoms in total. The first kappa shape index (κ1) is 14.3. The van der Waals surface area contributed by atoms with Crippen molar-refractivity contribution in [3.63, 3.8) is 0 Å². The van der Waals surface area contributed by atoms with Gasteiger partial charge in [-0.2, -0.15) is 0 Å². The van der Waals surface area contributed by atoms with E-state index >= 15 is 0 Å². The molecule has 0 radical (unpaired) electrons. The third kappa shape index (κ3) is 3.90. The average molecular weight is 274 g/mol. The number of rotatable bonds is 5. The highest BCUT2D eigenvalue weighted by molar-refractivity contribution is 6.32. The van der Waals surface area contributed by atoms with E-state index in [-0.39, 0.29) is 29.3 Å². The van der Waals surface area contributed by atoms with Crippen molar-refractivity contribution in [2.45, 2.75) is 12.5 Å². The summed E-state index contributed by atoms with van der Waals surface area (Å²) in [6.07, 6.45) is -1.60. The lowest BCUT2D eigenvalue weighted by atomic mass is 10.2. The minimum atomic E-state index is -1.51. The van der Waals surface area contributed by atoms with Crippen LogP contribution in [0.15, 0.2) is 18.2 Å². The lowest BCUT2D eigenvalue weighted by Crippen LogP contribution is -2.30. The van der Waals surface area contributed by atoms with Gasteiger partial charge in [0.05, 0.1) is 5.02 Å². The summed E-state index contributed by atoms with van der Waals surface area (Å²) in [6, 6.07) is 3.95. The highest BCUT2D eigenvalue weighted by Gasteiger charge is 2.13. The molecule has 0 aliphatic rings. The van der Waals surface area contributed by atoms with Crippen LogP contribution in [0.1, 0.15) is 16.8 Å². The van der Waals surface area contributed by atoms with Crippen molar-refractivity contribution in [2.24, 2.45) is 0 Å². The molecule has 0 aliphatic carbocycles. The predicted octanol–water partition coefficient (Wildman–Crippen LogP) is 0.611. The number of phenols is 1. The Morgan fingerprint density at radius 1 is 1.39 bits per heavy atom. The van der Waals surface area contributed by atoms with Crippen LogP contribution in [0.25, 0.3) is 0 Å². The van der Waals surface area contributed by atoms with Gasteiger partial charge in [-0.3, -0.25) is 4.79 Å². The summed E-state index contributed by atoms with van der Waals surface area (Å²) in [6.45, 7) is 0.0186. The lowest BCUT2D eigenvalue weighted by molar-refractivity contribution is -0.146. The minimum absolute atomic E-state index is 0.0186. The molecule has 0 heterocycles. The molecule has 1 amide bonds. The topological polar surface area (TPSA) is 107 Å². The molecule has 7 heteroatoms. The second-order valence-corrected chi connectivity index (χ2v) is 3.97. The molecule has 0 aromatic heterocycles. The van der Waals surface area contributed by atoms with Crippen LogP contribution in [0.4, 0.5) is 0 Å². The Kier molecular flexibility index (Phi) is 4.94. The van der Waals surface area contributed by atoms with Crippen LogP contribution in [0.2, 0.25) is 5.02 Å². The first-order valence-corrected chi connectivity index (χ1v) is 5.47. The van der Waals surface area contributed by atoms with Crippen LogP contribution in [0.3, 0.4) is 0 Å². The first-order chi connectivity index (χ1) is 8.41. The van der Waals surface area contributed by atoms with Crippen LogP contribution in [0, 0.1) is 0 Å². The normalized spacial score (nSPS) is 11.9. The molecule has 4 N–H and O–H groups in total. The maximum absolute atomic E-state index is 11.6. The SMILES string of the molecule is O=C(NCCC(O)C(=O)O)c1ccc(O)c(Cl)c1. The summed E-state index contributed by atoms with van der Waals surface area (Å²) in [5.41, 5.74) is 0.239. The number of carboxylic acids is 1. The summed E-state index contributed by atoms with van der Waals surface area (Å²) in [7, 11) is 0. The van der Waals surface area contributed by atoms with Gasteiger partial charge in [-0.15, -0.1) is 0 Å². The summed E-state index contributed by atoms with van der Waals surface area (Å²) in [4.78, 5) is 21.9. The fraction of sp³-hybridized carbons (Fsp3) is 0.273. The standard InChI is InChI=1S/C11H12ClNO5/c12-7-5-6(1-2-8(7)14)10(16)13-4-3-9(15)11(17)18/h1-2,5,9,14-15H,3-4H2,(H,13,16)(H,17,18). The largest absolute Gasteiger partial charge is 0.506 e. The number of phenolic OH excluding ortho intramolecular Hbond substituents is 1. The predicted molar refractivity (Wildman–Crippen MR) is 63.7 cm³/mol. The molecule has 0 aliphatic heterocycles. The monoisotopic (exact) mass is 273 g/mol. The van der Waals surface area contributed by atoms with Gasteiger partial charge < -0.3 is 20.6 Å². The Morgan fingerprint density at radius 3 is 2.61 bits per heavy atom. The van der Waals surface area contributed by atoms with E-state index in [4.69, 9.17) is 21.8 Å². The zero-order chi connectivity index (χ0) is 13.7. The molecule has 0 bridgehead atoms. The second kappa shape index (κ2) is 6.23. The number of aliphatic hydroxyl groups excluding tert-OH is 1.